The molecule has 0 bridgehead atoms. The number of methoxy groups -OCH3 is 1. The molecule has 0 atom stereocenters. The summed E-state index contributed by atoms with van der Waals surface area (Å²) >= 11 is 6.01. The first kappa shape index (κ1) is 16.9. The first-order valence-electron chi connectivity index (χ1n) is 7.30. The Bertz CT molecular complexity index is 962. The summed E-state index contributed by atoms with van der Waals surface area (Å²) in [7, 11) is 1.60. The van der Waals surface area contributed by atoms with Crippen molar-refractivity contribution in [3.63, 3.8) is 0 Å². The molecule has 0 aliphatic heterocycles. The Hall–Kier alpha value is -2.91. The number of nitrogens with two attached hydrogens (primary N) is 1. The highest BCUT2D eigenvalue weighted by Crippen LogP contribution is 2.28. The SMILES string of the molecule is COCCNc1nc(Cl)cc(Oc2cccc3[nH]c(=O)c(N)nc23)n1. The van der Waals surface area contributed by atoms with Gasteiger partial charge in [-0.15, -0.1) is 0 Å². The summed E-state index contributed by atoms with van der Waals surface area (Å²) in [5.41, 5.74) is 6.03. The number of nitrogens with one attached hydrogen (secondary N) is 2. The number of ether oxygens (including phenoxy) is 2. The molecule has 2 aromatic heterocycles. The van der Waals surface area contributed by atoms with Crippen LogP contribution in [0.5, 0.6) is 11.6 Å². The Kier molecular flexibility index (Phi) is 4.96. The van der Waals surface area contributed by atoms with E-state index < -0.39 is 5.56 Å². The first-order valence-corrected chi connectivity index (χ1v) is 7.68. The van der Waals surface area contributed by atoms with E-state index in [9.17, 15) is 4.79 Å². The molecule has 0 unspecified atom stereocenters. The van der Waals surface area contributed by atoms with Crippen molar-refractivity contribution >= 4 is 34.4 Å². The van der Waals surface area contributed by atoms with Crippen molar-refractivity contribution in [2.24, 2.45) is 0 Å². The van der Waals surface area contributed by atoms with Gasteiger partial charge in [-0.1, -0.05) is 17.7 Å². The number of hydrogen-bond acceptors (Lipinski definition) is 8. The summed E-state index contributed by atoms with van der Waals surface area (Å²) in [6, 6.07) is 6.56. The standard InChI is InChI=1S/C15H15ClN6O3/c1-24-6-5-18-15-20-10(16)7-11(21-15)25-9-4-2-3-8-12(9)22-13(17)14(23)19-8/h2-4,7H,5-6H2,1H3,(H2,17,22)(H,19,23)(H,18,20,21). The Morgan fingerprint density at radius 3 is 2.96 bits per heavy atom. The van der Waals surface area contributed by atoms with Gasteiger partial charge in [0.05, 0.1) is 12.1 Å². The number of aromatic amines is 1. The van der Waals surface area contributed by atoms with Crippen LogP contribution < -0.4 is 21.3 Å². The molecule has 0 aliphatic carbocycles. The Balaban J connectivity index is 1.93. The van der Waals surface area contributed by atoms with E-state index in [0.29, 0.717) is 35.9 Å². The van der Waals surface area contributed by atoms with Gasteiger partial charge < -0.3 is 25.5 Å². The third-order valence-corrected chi connectivity index (χ3v) is 3.38. The fourth-order valence-corrected chi connectivity index (χ4v) is 2.26. The van der Waals surface area contributed by atoms with Gasteiger partial charge >= 0.3 is 0 Å². The summed E-state index contributed by atoms with van der Waals surface area (Å²) in [5, 5.41) is 3.19. The van der Waals surface area contributed by atoms with Gasteiger partial charge in [0.1, 0.15) is 10.7 Å². The number of fused-ring (bicyclic) bond motifs is 1. The van der Waals surface area contributed by atoms with Crippen LogP contribution in [0.1, 0.15) is 0 Å². The van der Waals surface area contributed by atoms with E-state index in [-0.39, 0.29) is 16.9 Å². The number of halogens is 1. The van der Waals surface area contributed by atoms with E-state index in [1.165, 1.54) is 6.07 Å². The van der Waals surface area contributed by atoms with Gasteiger partial charge in [0.15, 0.2) is 11.6 Å². The van der Waals surface area contributed by atoms with Gasteiger partial charge in [0, 0.05) is 19.7 Å². The molecule has 0 amide bonds. The molecule has 4 N–H and O–H groups in total. The zero-order chi connectivity index (χ0) is 17.8. The highest BCUT2D eigenvalue weighted by molar-refractivity contribution is 6.29. The van der Waals surface area contributed by atoms with Crippen molar-refractivity contribution in [1.29, 1.82) is 0 Å². The molecule has 9 nitrogen and oxygen atoms in total. The Morgan fingerprint density at radius 1 is 1.32 bits per heavy atom. The molecular formula is C15H15ClN6O3. The summed E-state index contributed by atoms with van der Waals surface area (Å²) in [4.78, 5) is 26.6. The van der Waals surface area contributed by atoms with Crippen molar-refractivity contribution in [2.75, 3.05) is 31.3 Å². The molecule has 0 fully saturated rings. The topological polar surface area (TPSA) is 128 Å². The number of hydrogen-bond donors (Lipinski definition) is 3. The van der Waals surface area contributed by atoms with Crippen LogP contribution >= 0.6 is 11.6 Å². The number of nitrogen functional groups attached to an aromatic ring is 1. The lowest BCUT2D eigenvalue weighted by Crippen LogP contribution is -2.14. The maximum Gasteiger partial charge on any atom is 0.290 e. The molecule has 130 valence electrons. The quantitative estimate of drug-likeness (QED) is 0.447. The van der Waals surface area contributed by atoms with Gasteiger partial charge in [-0.3, -0.25) is 4.79 Å². The fourth-order valence-electron chi connectivity index (χ4n) is 2.08. The molecule has 25 heavy (non-hydrogen) atoms. The third-order valence-electron chi connectivity index (χ3n) is 3.19. The normalized spacial score (nSPS) is 10.8. The van der Waals surface area contributed by atoms with Crippen LogP contribution in [0, 0.1) is 0 Å². The van der Waals surface area contributed by atoms with Crippen molar-refractivity contribution in [3.8, 4) is 11.6 Å². The number of benzene rings is 1. The number of para-hydroxylation sites is 1. The minimum Gasteiger partial charge on any atom is -0.436 e. The second-order valence-corrected chi connectivity index (χ2v) is 5.36. The number of aromatic nitrogens is 4. The maximum atomic E-state index is 11.6. The predicted octanol–water partition coefficient (Wildman–Crippen LogP) is 1.80. The molecule has 10 heteroatoms. The highest BCUT2D eigenvalue weighted by atomic mass is 35.5. The van der Waals surface area contributed by atoms with E-state index >= 15 is 0 Å². The predicted molar refractivity (Wildman–Crippen MR) is 94.3 cm³/mol. The smallest absolute Gasteiger partial charge is 0.290 e. The van der Waals surface area contributed by atoms with Gasteiger partial charge in [0.25, 0.3) is 5.56 Å². The molecule has 3 aromatic rings. The zero-order valence-corrected chi connectivity index (χ0v) is 14.0. The van der Waals surface area contributed by atoms with Crippen molar-refractivity contribution in [1.82, 2.24) is 19.9 Å². The molecule has 3 rings (SSSR count). The maximum absolute atomic E-state index is 11.6. The van der Waals surface area contributed by atoms with Gasteiger partial charge in [0.2, 0.25) is 11.8 Å². The second-order valence-electron chi connectivity index (χ2n) is 4.98. The molecule has 1 aromatic carbocycles. The minimum absolute atomic E-state index is 0.147. The average molecular weight is 363 g/mol. The monoisotopic (exact) mass is 362 g/mol. The molecule has 0 saturated heterocycles. The number of rotatable bonds is 6. The zero-order valence-electron chi connectivity index (χ0n) is 13.2. The lowest BCUT2D eigenvalue weighted by molar-refractivity contribution is 0.210. The van der Waals surface area contributed by atoms with Gasteiger partial charge in [-0.05, 0) is 12.1 Å². The lowest BCUT2D eigenvalue weighted by Gasteiger charge is -2.10. The minimum atomic E-state index is -0.459. The van der Waals surface area contributed by atoms with Crippen molar-refractivity contribution in [3.05, 3.63) is 39.8 Å². The van der Waals surface area contributed by atoms with Crippen molar-refractivity contribution in [2.45, 2.75) is 0 Å². The molecule has 0 spiro atoms. The average Bonchev–Trinajstić information content (AvgIpc) is 2.56. The third kappa shape index (κ3) is 3.95. The summed E-state index contributed by atoms with van der Waals surface area (Å²) < 4.78 is 10.7. The number of H-pyrrole nitrogens is 1. The number of nitrogens with zero attached hydrogens (tertiary/aromatic N) is 3. The van der Waals surface area contributed by atoms with Gasteiger partial charge in [-0.25, -0.2) is 9.97 Å². The van der Waals surface area contributed by atoms with Crippen LogP contribution in [0.25, 0.3) is 11.0 Å². The van der Waals surface area contributed by atoms with E-state index in [1.807, 2.05) is 0 Å². The lowest BCUT2D eigenvalue weighted by atomic mass is 10.3. The second kappa shape index (κ2) is 7.32. The van der Waals surface area contributed by atoms with E-state index in [4.69, 9.17) is 26.8 Å². The fraction of sp³-hybridized carbons (Fsp3) is 0.200. The molecule has 0 radical (unpaired) electrons. The highest BCUT2D eigenvalue weighted by Gasteiger charge is 2.11. The van der Waals surface area contributed by atoms with Crippen LogP contribution in [0.3, 0.4) is 0 Å². The number of anilines is 2. The van der Waals surface area contributed by atoms with Crippen LogP contribution in [0.2, 0.25) is 5.15 Å². The molecular weight excluding hydrogens is 348 g/mol. The molecule has 2 heterocycles. The van der Waals surface area contributed by atoms with Crippen LogP contribution in [-0.4, -0.2) is 40.2 Å². The van der Waals surface area contributed by atoms with E-state index in [0.717, 1.165) is 0 Å². The first-order chi connectivity index (χ1) is 12.1. The summed E-state index contributed by atoms with van der Waals surface area (Å²) in [6.07, 6.45) is 0. The largest absolute Gasteiger partial charge is 0.436 e. The van der Waals surface area contributed by atoms with E-state index in [2.05, 4.69) is 25.3 Å². The van der Waals surface area contributed by atoms with Gasteiger partial charge in [-0.2, -0.15) is 4.98 Å². The Labute approximate surface area is 147 Å². The summed E-state index contributed by atoms with van der Waals surface area (Å²) in [6.45, 7) is 1.01. The summed E-state index contributed by atoms with van der Waals surface area (Å²) in [5.74, 6) is 0.754. The van der Waals surface area contributed by atoms with Crippen LogP contribution in [0.15, 0.2) is 29.1 Å². The van der Waals surface area contributed by atoms with Crippen LogP contribution in [-0.2, 0) is 4.74 Å². The molecule has 0 saturated carbocycles. The van der Waals surface area contributed by atoms with E-state index in [1.54, 1.807) is 25.3 Å². The molecule has 0 aliphatic rings. The van der Waals surface area contributed by atoms with Crippen molar-refractivity contribution < 1.29 is 9.47 Å². The van der Waals surface area contributed by atoms with Crippen LogP contribution in [0.4, 0.5) is 11.8 Å². The Morgan fingerprint density at radius 2 is 2.16 bits per heavy atom.